The minimum absolute atomic E-state index is 0.0348. The predicted molar refractivity (Wildman–Crippen MR) is 79.9 cm³/mol. The van der Waals surface area contributed by atoms with Gasteiger partial charge < -0.3 is 9.36 Å². The second-order valence-electron chi connectivity index (χ2n) is 6.18. The third kappa shape index (κ3) is 3.97. The standard InChI is InChI=1S/C16H14F6N4O/c17-11-7-13(19)12(18)6-9(11)5-10(1-4-27)25-2-3-26-14(8-25)23-24-15(26)16(20,21)22/h4,6-7,10H,1-3,5,8H2. The minimum atomic E-state index is -4.63. The highest BCUT2D eigenvalue weighted by Crippen LogP contribution is 2.30. The van der Waals surface area contributed by atoms with Gasteiger partial charge in [0, 0.05) is 31.6 Å². The van der Waals surface area contributed by atoms with Gasteiger partial charge in [-0.25, -0.2) is 13.2 Å². The SMILES string of the molecule is O=CCC(Cc1cc(F)c(F)cc1F)N1CCn2c(nnc2C(F)(F)F)C1. The Balaban J connectivity index is 1.82. The van der Waals surface area contributed by atoms with Crippen molar-refractivity contribution in [3.8, 4) is 0 Å². The molecule has 11 heteroatoms. The van der Waals surface area contributed by atoms with Crippen LogP contribution in [0, 0.1) is 17.5 Å². The van der Waals surface area contributed by atoms with Gasteiger partial charge in [0.25, 0.3) is 0 Å². The molecule has 1 aromatic carbocycles. The van der Waals surface area contributed by atoms with Crippen molar-refractivity contribution >= 4 is 6.29 Å². The van der Waals surface area contributed by atoms with Crippen molar-refractivity contribution in [2.45, 2.75) is 38.1 Å². The predicted octanol–water partition coefficient (Wildman–Crippen LogP) is 2.73. The average molecular weight is 392 g/mol. The number of aromatic nitrogens is 3. The highest BCUT2D eigenvalue weighted by atomic mass is 19.4. The molecule has 1 unspecified atom stereocenters. The minimum Gasteiger partial charge on any atom is -0.305 e. The number of aldehydes is 1. The summed E-state index contributed by atoms with van der Waals surface area (Å²) in [6, 6.07) is 0.531. The fraction of sp³-hybridized carbons (Fsp3) is 0.438. The second kappa shape index (κ2) is 7.29. The van der Waals surface area contributed by atoms with Crippen molar-refractivity contribution in [3.05, 3.63) is 46.8 Å². The molecule has 3 rings (SSSR count). The number of halogens is 6. The van der Waals surface area contributed by atoms with Crippen molar-refractivity contribution in [3.63, 3.8) is 0 Å². The van der Waals surface area contributed by atoms with Crippen LogP contribution >= 0.6 is 0 Å². The maximum atomic E-state index is 13.9. The highest BCUT2D eigenvalue weighted by Gasteiger charge is 2.40. The molecular weight excluding hydrogens is 378 g/mol. The summed E-state index contributed by atoms with van der Waals surface area (Å²) in [4.78, 5) is 12.7. The molecule has 5 nitrogen and oxygen atoms in total. The van der Waals surface area contributed by atoms with Gasteiger partial charge in [0.2, 0.25) is 5.82 Å². The van der Waals surface area contributed by atoms with Crippen LogP contribution in [0.25, 0.3) is 0 Å². The quantitative estimate of drug-likeness (QED) is 0.446. The van der Waals surface area contributed by atoms with E-state index < -0.39 is 35.5 Å². The number of carbonyl (C=O) groups is 1. The zero-order valence-corrected chi connectivity index (χ0v) is 13.8. The lowest BCUT2D eigenvalue weighted by Crippen LogP contribution is -2.43. The van der Waals surface area contributed by atoms with Crippen LogP contribution in [-0.2, 0) is 30.5 Å². The van der Waals surface area contributed by atoms with E-state index in [1.54, 1.807) is 4.90 Å². The lowest BCUT2D eigenvalue weighted by atomic mass is 10.0. The molecular formula is C16H14F6N4O. The van der Waals surface area contributed by atoms with E-state index in [0.717, 1.165) is 10.6 Å². The molecule has 146 valence electrons. The topological polar surface area (TPSA) is 51.0 Å². The molecule has 2 heterocycles. The number of carbonyl (C=O) groups excluding carboxylic acids is 1. The van der Waals surface area contributed by atoms with E-state index in [0.29, 0.717) is 12.4 Å². The summed E-state index contributed by atoms with van der Waals surface area (Å²) in [5.74, 6) is -4.53. The lowest BCUT2D eigenvalue weighted by Gasteiger charge is -2.34. The zero-order valence-electron chi connectivity index (χ0n) is 13.8. The van der Waals surface area contributed by atoms with Crippen molar-refractivity contribution in [2.75, 3.05) is 6.54 Å². The number of nitrogens with zero attached hydrogens (tertiary/aromatic N) is 4. The monoisotopic (exact) mass is 392 g/mol. The summed E-state index contributed by atoms with van der Waals surface area (Å²) in [5.41, 5.74) is -0.122. The first kappa shape index (κ1) is 19.3. The number of rotatable bonds is 5. The van der Waals surface area contributed by atoms with Gasteiger partial charge in [-0.1, -0.05) is 0 Å². The number of alkyl halides is 3. The van der Waals surface area contributed by atoms with Gasteiger partial charge in [0.05, 0.1) is 6.54 Å². The normalized spacial score (nSPS) is 16.2. The van der Waals surface area contributed by atoms with Crippen LogP contribution in [0.3, 0.4) is 0 Å². The molecule has 1 aliphatic heterocycles. The Kier molecular flexibility index (Phi) is 5.22. The van der Waals surface area contributed by atoms with Gasteiger partial charge >= 0.3 is 6.18 Å². The summed E-state index contributed by atoms with van der Waals surface area (Å²) >= 11 is 0. The van der Waals surface area contributed by atoms with Crippen LogP contribution in [0.1, 0.15) is 23.6 Å². The third-order valence-corrected chi connectivity index (χ3v) is 4.47. The van der Waals surface area contributed by atoms with Gasteiger partial charge in [-0.3, -0.25) is 4.90 Å². The van der Waals surface area contributed by atoms with Crippen molar-refractivity contribution in [1.82, 2.24) is 19.7 Å². The molecule has 0 saturated heterocycles. The summed E-state index contributed by atoms with van der Waals surface area (Å²) in [6.45, 7) is 0.0393. The number of benzene rings is 1. The van der Waals surface area contributed by atoms with E-state index >= 15 is 0 Å². The highest BCUT2D eigenvalue weighted by molar-refractivity contribution is 5.50. The van der Waals surface area contributed by atoms with E-state index in [-0.39, 0.29) is 43.9 Å². The maximum absolute atomic E-state index is 13.9. The first-order valence-electron chi connectivity index (χ1n) is 8.01. The molecule has 0 bridgehead atoms. The van der Waals surface area contributed by atoms with Gasteiger partial charge in [-0.15, -0.1) is 10.2 Å². The number of fused-ring (bicyclic) bond motifs is 1. The van der Waals surface area contributed by atoms with Gasteiger partial charge in [0.15, 0.2) is 11.6 Å². The Labute approximate surface area is 149 Å². The second-order valence-corrected chi connectivity index (χ2v) is 6.18. The summed E-state index contributed by atoms with van der Waals surface area (Å²) in [6.07, 6.45) is -4.21. The van der Waals surface area contributed by atoms with Crippen LogP contribution in [-0.4, -0.2) is 38.5 Å². The molecule has 0 saturated carbocycles. The van der Waals surface area contributed by atoms with Gasteiger partial charge in [-0.2, -0.15) is 13.2 Å². The Morgan fingerprint density at radius 1 is 1.07 bits per heavy atom. The van der Waals surface area contributed by atoms with E-state index in [9.17, 15) is 31.1 Å². The maximum Gasteiger partial charge on any atom is 0.451 e. The molecule has 0 spiro atoms. The van der Waals surface area contributed by atoms with Crippen LogP contribution in [0.5, 0.6) is 0 Å². The molecule has 2 aromatic rings. The van der Waals surface area contributed by atoms with Crippen molar-refractivity contribution < 1.29 is 31.1 Å². The third-order valence-electron chi connectivity index (χ3n) is 4.47. The first-order chi connectivity index (χ1) is 12.7. The number of hydrogen-bond donors (Lipinski definition) is 0. The van der Waals surface area contributed by atoms with Gasteiger partial charge in [-0.05, 0) is 18.1 Å². The molecule has 1 aliphatic rings. The molecule has 1 aromatic heterocycles. The molecule has 0 radical (unpaired) electrons. The van der Waals surface area contributed by atoms with Crippen LogP contribution in [0.15, 0.2) is 12.1 Å². The molecule has 0 aliphatic carbocycles. The molecule has 0 amide bonds. The largest absolute Gasteiger partial charge is 0.451 e. The molecule has 1 atom stereocenters. The summed E-state index contributed by atoms with van der Waals surface area (Å²) in [5, 5.41) is 6.71. The van der Waals surface area contributed by atoms with E-state index in [2.05, 4.69) is 10.2 Å². The van der Waals surface area contributed by atoms with E-state index in [4.69, 9.17) is 0 Å². The Bertz CT molecular complexity index is 850. The van der Waals surface area contributed by atoms with E-state index in [1.165, 1.54) is 0 Å². The van der Waals surface area contributed by atoms with Gasteiger partial charge in [0.1, 0.15) is 17.9 Å². The van der Waals surface area contributed by atoms with Crippen LogP contribution in [0.4, 0.5) is 26.3 Å². The lowest BCUT2D eigenvalue weighted by molar-refractivity contribution is -0.148. The van der Waals surface area contributed by atoms with Crippen molar-refractivity contribution in [1.29, 1.82) is 0 Å². The molecule has 27 heavy (non-hydrogen) atoms. The summed E-state index contributed by atoms with van der Waals surface area (Å²) < 4.78 is 80.0. The molecule has 0 N–H and O–H groups in total. The smallest absolute Gasteiger partial charge is 0.305 e. The molecule has 0 fully saturated rings. The average Bonchev–Trinajstić information content (AvgIpc) is 3.02. The Morgan fingerprint density at radius 3 is 2.44 bits per heavy atom. The first-order valence-corrected chi connectivity index (χ1v) is 8.01. The summed E-state index contributed by atoms with van der Waals surface area (Å²) in [7, 11) is 0. The Morgan fingerprint density at radius 2 is 1.78 bits per heavy atom. The van der Waals surface area contributed by atoms with Crippen LogP contribution < -0.4 is 0 Å². The van der Waals surface area contributed by atoms with E-state index in [1.807, 2.05) is 0 Å². The fourth-order valence-electron chi connectivity index (χ4n) is 3.14. The Hall–Kier alpha value is -2.43. The number of hydrogen-bond acceptors (Lipinski definition) is 4. The van der Waals surface area contributed by atoms with Crippen LogP contribution in [0.2, 0.25) is 0 Å². The van der Waals surface area contributed by atoms with Crippen molar-refractivity contribution in [2.24, 2.45) is 0 Å². The fourth-order valence-corrected chi connectivity index (χ4v) is 3.14. The zero-order chi connectivity index (χ0) is 19.8.